The van der Waals surface area contributed by atoms with Crippen LogP contribution in [0, 0.1) is 0 Å². The molecule has 0 spiro atoms. The highest BCUT2D eigenvalue weighted by atomic mass is 32.2. The molecule has 19 heavy (non-hydrogen) atoms. The second-order valence-electron chi connectivity index (χ2n) is 4.85. The molecule has 1 heterocycles. The number of fused-ring (bicyclic) bond motifs is 1. The molecule has 3 N–H and O–H groups in total. The number of nitrogen functional groups attached to an aromatic ring is 1. The maximum atomic E-state index is 12.2. The summed E-state index contributed by atoms with van der Waals surface area (Å²) in [5, 5.41) is -0.322. The molecule has 0 unspecified atom stereocenters. The van der Waals surface area contributed by atoms with Gasteiger partial charge in [0.25, 0.3) is 0 Å². The molecular weight excluding hydrogens is 268 g/mol. The van der Waals surface area contributed by atoms with Crippen molar-refractivity contribution >= 4 is 21.4 Å². The third-order valence-corrected chi connectivity index (χ3v) is 5.39. The molecule has 104 valence electrons. The summed E-state index contributed by atoms with van der Waals surface area (Å²) in [5.41, 5.74) is 6.53. The van der Waals surface area contributed by atoms with Gasteiger partial charge in [0, 0.05) is 12.1 Å². The summed E-state index contributed by atoms with van der Waals surface area (Å²) in [6.07, 6.45) is 3.34. The topological polar surface area (TPSA) is 90.7 Å². The summed E-state index contributed by atoms with van der Waals surface area (Å²) in [5.74, 6) is 1.06. The summed E-state index contributed by atoms with van der Waals surface area (Å²) in [6, 6.07) is 3.15. The zero-order chi connectivity index (χ0) is 13.5. The number of nitrogens with two attached hydrogens (primary N) is 1. The fourth-order valence-electron chi connectivity index (χ4n) is 2.48. The average Bonchev–Trinajstić information content (AvgIpc) is 2.98. The number of nitrogens with one attached hydrogen (secondary N) is 1. The van der Waals surface area contributed by atoms with Crippen molar-refractivity contribution in [2.24, 2.45) is 0 Å². The van der Waals surface area contributed by atoms with Crippen molar-refractivity contribution < 1.29 is 17.9 Å². The molecule has 0 saturated heterocycles. The fraction of sp³-hybridized carbons (Fsp3) is 0.500. The van der Waals surface area contributed by atoms with Gasteiger partial charge in [-0.15, -0.1) is 0 Å². The number of benzene rings is 1. The van der Waals surface area contributed by atoms with Crippen molar-refractivity contribution in [1.82, 2.24) is 0 Å². The van der Waals surface area contributed by atoms with Crippen molar-refractivity contribution in [1.29, 1.82) is 0 Å². The van der Waals surface area contributed by atoms with E-state index in [1.807, 2.05) is 0 Å². The Bertz CT molecular complexity index is 594. The van der Waals surface area contributed by atoms with E-state index in [4.69, 9.17) is 15.2 Å². The van der Waals surface area contributed by atoms with Crippen LogP contribution in [0.25, 0.3) is 0 Å². The minimum Gasteiger partial charge on any atom is -0.454 e. The van der Waals surface area contributed by atoms with Crippen molar-refractivity contribution in [3.05, 3.63) is 12.1 Å². The Hall–Kier alpha value is -1.63. The molecule has 1 fully saturated rings. The highest BCUT2D eigenvalue weighted by molar-refractivity contribution is 7.93. The molecule has 0 atom stereocenters. The zero-order valence-electron chi connectivity index (χ0n) is 10.4. The van der Waals surface area contributed by atoms with E-state index >= 15 is 0 Å². The van der Waals surface area contributed by atoms with Gasteiger partial charge in [0.1, 0.15) is 0 Å². The van der Waals surface area contributed by atoms with Gasteiger partial charge in [-0.2, -0.15) is 0 Å². The first-order valence-corrected chi connectivity index (χ1v) is 7.81. The molecule has 1 aromatic carbocycles. The average molecular weight is 284 g/mol. The minimum absolute atomic E-state index is 0.133. The Morgan fingerprint density at radius 1 is 1.16 bits per heavy atom. The van der Waals surface area contributed by atoms with Crippen LogP contribution in [-0.4, -0.2) is 20.5 Å². The van der Waals surface area contributed by atoms with E-state index in [0.717, 1.165) is 12.8 Å². The highest BCUT2D eigenvalue weighted by Crippen LogP contribution is 2.39. The quantitative estimate of drug-likeness (QED) is 0.824. The third kappa shape index (κ3) is 2.30. The standard InChI is InChI=1S/C12H16N2O4S/c13-9-5-11-12(18-7-17-11)6-10(9)14-19(15,16)8-3-1-2-4-8/h5-6,8,14H,1-4,7,13H2. The van der Waals surface area contributed by atoms with Gasteiger partial charge in [0.05, 0.1) is 16.6 Å². The van der Waals surface area contributed by atoms with Crippen molar-refractivity contribution in [3.8, 4) is 11.5 Å². The lowest BCUT2D eigenvalue weighted by molar-refractivity contribution is 0.174. The number of hydrogen-bond donors (Lipinski definition) is 2. The van der Waals surface area contributed by atoms with E-state index in [0.29, 0.717) is 35.7 Å². The van der Waals surface area contributed by atoms with Crippen LogP contribution in [0.1, 0.15) is 25.7 Å². The Kier molecular flexibility index (Phi) is 2.93. The van der Waals surface area contributed by atoms with Gasteiger partial charge in [0.15, 0.2) is 11.5 Å². The van der Waals surface area contributed by atoms with E-state index in [2.05, 4.69) is 4.72 Å². The van der Waals surface area contributed by atoms with Gasteiger partial charge >= 0.3 is 0 Å². The van der Waals surface area contributed by atoms with Crippen molar-refractivity contribution in [3.63, 3.8) is 0 Å². The SMILES string of the molecule is Nc1cc2c(cc1NS(=O)(=O)C1CCCC1)OCO2. The fourth-order valence-corrected chi connectivity index (χ4v) is 4.09. The van der Waals surface area contributed by atoms with Gasteiger partial charge in [0.2, 0.25) is 16.8 Å². The van der Waals surface area contributed by atoms with Gasteiger partial charge in [-0.05, 0) is 12.8 Å². The first-order chi connectivity index (χ1) is 9.06. The van der Waals surface area contributed by atoms with Crippen LogP contribution in [0.15, 0.2) is 12.1 Å². The second-order valence-corrected chi connectivity index (χ2v) is 6.81. The summed E-state index contributed by atoms with van der Waals surface area (Å²) in [6.45, 7) is 0.133. The van der Waals surface area contributed by atoms with Crippen LogP contribution in [-0.2, 0) is 10.0 Å². The smallest absolute Gasteiger partial charge is 0.235 e. The molecule has 0 amide bonds. The van der Waals surface area contributed by atoms with Crippen LogP contribution < -0.4 is 19.9 Å². The number of hydrogen-bond acceptors (Lipinski definition) is 5. The summed E-state index contributed by atoms with van der Waals surface area (Å²) >= 11 is 0. The molecular formula is C12H16N2O4S. The van der Waals surface area contributed by atoms with Crippen molar-refractivity contribution in [2.45, 2.75) is 30.9 Å². The first-order valence-electron chi connectivity index (χ1n) is 6.27. The van der Waals surface area contributed by atoms with E-state index in [9.17, 15) is 8.42 Å². The Balaban J connectivity index is 1.87. The van der Waals surface area contributed by atoms with E-state index in [1.54, 1.807) is 12.1 Å². The lowest BCUT2D eigenvalue weighted by Crippen LogP contribution is -2.25. The zero-order valence-corrected chi connectivity index (χ0v) is 11.2. The number of ether oxygens (including phenoxy) is 2. The first kappa shape index (κ1) is 12.4. The molecule has 0 aromatic heterocycles. The van der Waals surface area contributed by atoms with E-state index in [1.165, 1.54) is 0 Å². The minimum atomic E-state index is -3.38. The monoisotopic (exact) mass is 284 g/mol. The molecule has 6 nitrogen and oxygen atoms in total. The summed E-state index contributed by atoms with van der Waals surface area (Å²) < 4.78 is 37.4. The van der Waals surface area contributed by atoms with Crippen LogP contribution >= 0.6 is 0 Å². The van der Waals surface area contributed by atoms with Crippen molar-refractivity contribution in [2.75, 3.05) is 17.2 Å². The Labute approximate surface area is 111 Å². The van der Waals surface area contributed by atoms with Crippen LogP contribution in [0.4, 0.5) is 11.4 Å². The third-order valence-electron chi connectivity index (χ3n) is 3.54. The van der Waals surface area contributed by atoms with E-state index < -0.39 is 10.0 Å². The predicted molar refractivity (Wildman–Crippen MR) is 71.8 cm³/mol. The molecule has 0 radical (unpaired) electrons. The summed E-state index contributed by atoms with van der Waals surface area (Å²) in [7, 11) is -3.38. The normalized spacial score (nSPS) is 18.7. The molecule has 3 rings (SSSR count). The molecule has 2 aliphatic rings. The van der Waals surface area contributed by atoms with Crippen LogP contribution in [0.5, 0.6) is 11.5 Å². The number of anilines is 2. The largest absolute Gasteiger partial charge is 0.454 e. The number of sulfonamides is 1. The summed E-state index contributed by atoms with van der Waals surface area (Å²) in [4.78, 5) is 0. The van der Waals surface area contributed by atoms with Crippen LogP contribution in [0.2, 0.25) is 0 Å². The van der Waals surface area contributed by atoms with Gasteiger partial charge in [-0.25, -0.2) is 8.42 Å². The predicted octanol–water partition coefficient (Wildman–Crippen LogP) is 1.68. The number of rotatable bonds is 3. The maximum Gasteiger partial charge on any atom is 0.235 e. The Morgan fingerprint density at radius 2 is 1.79 bits per heavy atom. The van der Waals surface area contributed by atoms with Gasteiger partial charge in [-0.1, -0.05) is 12.8 Å². The maximum absolute atomic E-state index is 12.2. The van der Waals surface area contributed by atoms with Crippen LogP contribution in [0.3, 0.4) is 0 Å². The molecule has 7 heteroatoms. The lowest BCUT2D eigenvalue weighted by atomic mass is 10.2. The highest BCUT2D eigenvalue weighted by Gasteiger charge is 2.29. The van der Waals surface area contributed by atoms with Gasteiger partial charge < -0.3 is 15.2 Å². The van der Waals surface area contributed by atoms with E-state index in [-0.39, 0.29) is 12.0 Å². The lowest BCUT2D eigenvalue weighted by Gasteiger charge is -2.15. The van der Waals surface area contributed by atoms with Gasteiger partial charge in [-0.3, -0.25) is 4.72 Å². The molecule has 0 bridgehead atoms. The second kappa shape index (κ2) is 4.48. The molecule has 1 aliphatic heterocycles. The molecule has 1 aromatic rings. The molecule has 1 aliphatic carbocycles. The molecule has 1 saturated carbocycles. The Morgan fingerprint density at radius 3 is 2.47 bits per heavy atom.